The number of hydrogen-bond donors (Lipinski definition) is 2. The molecule has 0 aliphatic carbocycles. The fraction of sp³-hybridized carbons (Fsp3) is 0.286. The Balaban J connectivity index is 2.02. The molecule has 2 N–H and O–H groups in total. The smallest absolute Gasteiger partial charge is 0.251 e. The van der Waals surface area contributed by atoms with Gasteiger partial charge in [-0.2, -0.15) is 4.72 Å². The van der Waals surface area contributed by atoms with Crippen molar-refractivity contribution in [1.82, 2.24) is 10.0 Å². The van der Waals surface area contributed by atoms with Gasteiger partial charge in [-0.1, -0.05) is 12.0 Å². The summed E-state index contributed by atoms with van der Waals surface area (Å²) in [5.41, 5.74) is 1.45. The number of carbonyl (C=O) groups excluding carboxylic acids is 1. The largest absolute Gasteiger partial charge is 0.370 e. The second kappa shape index (κ2) is 10.0. The Morgan fingerprint density at radius 2 is 1.79 bits per heavy atom. The summed E-state index contributed by atoms with van der Waals surface area (Å²) < 4.78 is 40.6. The van der Waals surface area contributed by atoms with Gasteiger partial charge >= 0.3 is 0 Å². The molecule has 0 aliphatic heterocycles. The highest BCUT2D eigenvalue weighted by Gasteiger charge is 2.14. The highest BCUT2D eigenvalue weighted by Crippen LogP contribution is 2.20. The summed E-state index contributed by atoms with van der Waals surface area (Å²) in [6.45, 7) is 5.35. The normalized spacial score (nSPS) is 11.0. The van der Waals surface area contributed by atoms with E-state index in [-0.39, 0.29) is 23.8 Å². The van der Waals surface area contributed by atoms with Crippen molar-refractivity contribution in [2.24, 2.45) is 0 Å². The standard InChI is InChI=1S/C21H24FN3O3S/c1-4-13-24-29(27,28)18-10-8-17(9-11-18)21(26)23-15-16-7-12-20(19(22)14-16)25(5-2)6-3/h1,7-12,14,24H,5-6,13,15H2,2-3H3,(H,23,26). The maximum absolute atomic E-state index is 14.3. The van der Waals surface area contributed by atoms with Gasteiger partial charge in [0.15, 0.2) is 0 Å². The van der Waals surface area contributed by atoms with Gasteiger partial charge in [-0.25, -0.2) is 12.8 Å². The molecule has 0 saturated heterocycles. The lowest BCUT2D eigenvalue weighted by Gasteiger charge is -2.22. The molecule has 0 unspecified atom stereocenters. The molecule has 0 aromatic heterocycles. The zero-order chi connectivity index (χ0) is 21.4. The number of carbonyl (C=O) groups is 1. The first-order valence-corrected chi connectivity index (χ1v) is 10.7. The van der Waals surface area contributed by atoms with Crippen molar-refractivity contribution < 1.29 is 17.6 Å². The van der Waals surface area contributed by atoms with Crippen LogP contribution in [0.4, 0.5) is 10.1 Å². The molecule has 6 nitrogen and oxygen atoms in total. The SMILES string of the molecule is C#CCNS(=O)(=O)c1ccc(C(=O)NCc2ccc(N(CC)CC)c(F)c2)cc1. The molecule has 0 fully saturated rings. The molecule has 2 aromatic carbocycles. The van der Waals surface area contributed by atoms with E-state index >= 15 is 0 Å². The number of benzene rings is 2. The molecule has 0 heterocycles. The number of nitrogens with one attached hydrogen (secondary N) is 2. The second-order valence-corrected chi connectivity index (χ2v) is 7.96. The molecule has 0 aliphatic rings. The lowest BCUT2D eigenvalue weighted by molar-refractivity contribution is 0.0950. The predicted molar refractivity (Wildman–Crippen MR) is 112 cm³/mol. The maximum atomic E-state index is 14.3. The molecule has 2 aromatic rings. The van der Waals surface area contributed by atoms with Gasteiger partial charge in [0.2, 0.25) is 10.0 Å². The quantitative estimate of drug-likeness (QED) is 0.615. The van der Waals surface area contributed by atoms with Crippen LogP contribution in [0.3, 0.4) is 0 Å². The fourth-order valence-electron chi connectivity index (χ4n) is 2.77. The maximum Gasteiger partial charge on any atom is 0.251 e. The lowest BCUT2D eigenvalue weighted by Crippen LogP contribution is -2.25. The van der Waals surface area contributed by atoms with Gasteiger partial charge < -0.3 is 10.2 Å². The van der Waals surface area contributed by atoms with Crippen molar-refractivity contribution in [3.8, 4) is 12.3 Å². The van der Waals surface area contributed by atoms with Crippen molar-refractivity contribution in [3.05, 3.63) is 59.4 Å². The Hall–Kier alpha value is -2.89. The number of hydrogen-bond acceptors (Lipinski definition) is 4. The van der Waals surface area contributed by atoms with Crippen LogP contribution >= 0.6 is 0 Å². The predicted octanol–water partition coefficient (Wildman–Crippen LogP) is 2.51. The van der Waals surface area contributed by atoms with Crippen LogP contribution in [0, 0.1) is 18.2 Å². The number of halogens is 1. The molecule has 0 atom stereocenters. The molecule has 0 saturated carbocycles. The van der Waals surface area contributed by atoms with Gasteiger partial charge in [0, 0.05) is 25.2 Å². The molecule has 0 spiro atoms. The van der Waals surface area contributed by atoms with Crippen LogP contribution in [0.1, 0.15) is 29.8 Å². The van der Waals surface area contributed by atoms with Crippen LogP contribution < -0.4 is 14.9 Å². The average molecular weight is 418 g/mol. The molecule has 154 valence electrons. The lowest BCUT2D eigenvalue weighted by atomic mass is 10.1. The Morgan fingerprint density at radius 1 is 1.14 bits per heavy atom. The minimum Gasteiger partial charge on any atom is -0.370 e. The first-order chi connectivity index (χ1) is 13.8. The van der Waals surface area contributed by atoms with E-state index in [1.54, 1.807) is 12.1 Å². The molecular weight excluding hydrogens is 393 g/mol. The highest BCUT2D eigenvalue weighted by molar-refractivity contribution is 7.89. The van der Waals surface area contributed by atoms with Crippen molar-refractivity contribution in [3.63, 3.8) is 0 Å². The van der Waals surface area contributed by atoms with Crippen LogP contribution in [0.2, 0.25) is 0 Å². The van der Waals surface area contributed by atoms with E-state index in [0.717, 1.165) is 0 Å². The molecule has 1 amide bonds. The number of terminal acetylenes is 1. The summed E-state index contributed by atoms with van der Waals surface area (Å²) in [5, 5.41) is 2.70. The van der Waals surface area contributed by atoms with Gasteiger partial charge in [-0.15, -0.1) is 6.42 Å². The summed E-state index contributed by atoms with van der Waals surface area (Å²) in [7, 11) is -3.71. The third-order valence-electron chi connectivity index (χ3n) is 4.36. The van der Waals surface area contributed by atoms with Crippen molar-refractivity contribution >= 4 is 21.6 Å². The van der Waals surface area contributed by atoms with E-state index < -0.39 is 15.9 Å². The van der Waals surface area contributed by atoms with Gasteiger partial charge in [-0.05, 0) is 55.8 Å². The second-order valence-electron chi connectivity index (χ2n) is 6.19. The van der Waals surface area contributed by atoms with E-state index in [2.05, 4.69) is 16.0 Å². The van der Waals surface area contributed by atoms with E-state index in [4.69, 9.17) is 6.42 Å². The van der Waals surface area contributed by atoms with E-state index in [1.165, 1.54) is 30.3 Å². The monoisotopic (exact) mass is 417 g/mol. The molecule has 29 heavy (non-hydrogen) atoms. The fourth-order valence-corrected chi connectivity index (χ4v) is 3.71. The van der Waals surface area contributed by atoms with Crippen LogP contribution in [0.25, 0.3) is 0 Å². The van der Waals surface area contributed by atoms with Crippen molar-refractivity contribution in [2.45, 2.75) is 25.3 Å². The summed E-state index contributed by atoms with van der Waals surface area (Å²) in [6.07, 6.45) is 5.05. The van der Waals surface area contributed by atoms with E-state index in [1.807, 2.05) is 18.7 Å². The third kappa shape index (κ3) is 5.79. The number of rotatable bonds is 9. The summed E-state index contributed by atoms with van der Waals surface area (Å²) in [6, 6.07) is 10.3. The van der Waals surface area contributed by atoms with Gasteiger partial charge in [0.1, 0.15) is 5.82 Å². The number of amides is 1. The minimum absolute atomic E-state index is 0.0124. The molecule has 0 radical (unpaired) electrons. The summed E-state index contributed by atoms with van der Waals surface area (Å²) in [4.78, 5) is 14.2. The number of anilines is 1. The average Bonchev–Trinajstić information content (AvgIpc) is 2.72. The van der Waals surface area contributed by atoms with Gasteiger partial charge in [0.25, 0.3) is 5.91 Å². The van der Waals surface area contributed by atoms with Crippen LogP contribution in [-0.2, 0) is 16.6 Å². The third-order valence-corrected chi connectivity index (χ3v) is 5.78. The summed E-state index contributed by atoms with van der Waals surface area (Å²) >= 11 is 0. The van der Waals surface area contributed by atoms with Gasteiger partial charge in [-0.3, -0.25) is 4.79 Å². The molecule has 0 bridgehead atoms. The minimum atomic E-state index is -3.71. The first-order valence-electron chi connectivity index (χ1n) is 9.17. The Labute approximate surface area is 171 Å². The van der Waals surface area contributed by atoms with Gasteiger partial charge in [0.05, 0.1) is 17.1 Å². The highest BCUT2D eigenvalue weighted by atomic mass is 32.2. The topological polar surface area (TPSA) is 78.5 Å². The van der Waals surface area contributed by atoms with Crippen LogP contribution in [0.5, 0.6) is 0 Å². The zero-order valence-electron chi connectivity index (χ0n) is 16.4. The van der Waals surface area contributed by atoms with Crippen LogP contribution in [0.15, 0.2) is 47.4 Å². The Bertz CT molecular complexity index is 995. The number of sulfonamides is 1. The zero-order valence-corrected chi connectivity index (χ0v) is 17.2. The van der Waals surface area contributed by atoms with E-state index in [0.29, 0.717) is 29.9 Å². The Kier molecular flexibility index (Phi) is 7.76. The van der Waals surface area contributed by atoms with Crippen LogP contribution in [-0.4, -0.2) is 34.0 Å². The first kappa shape index (κ1) is 22.4. The molecular formula is C21H24FN3O3S. The molecule has 8 heteroatoms. The van der Waals surface area contributed by atoms with Crippen molar-refractivity contribution in [1.29, 1.82) is 0 Å². The Morgan fingerprint density at radius 3 is 2.34 bits per heavy atom. The van der Waals surface area contributed by atoms with Crippen molar-refractivity contribution in [2.75, 3.05) is 24.5 Å². The summed E-state index contributed by atoms with van der Waals surface area (Å²) in [5.74, 6) is 1.46. The van der Waals surface area contributed by atoms with E-state index in [9.17, 15) is 17.6 Å². The molecule has 2 rings (SSSR count). The number of nitrogens with zero attached hydrogens (tertiary/aromatic N) is 1.